The molecule has 1 fully saturated rings. The summed E-state index contributed by atoms with van der Waals surface area (Å²) in [4.78, 5) is 37.6. The highest BCUT2D eigenvalue weighted by molar-refractivity contribution is 6.00. The van der Waals surface area contributed by atoms with Gasteiger partial charge in [-0.3, -0.25) is 4.79 Å². The van der Waals surface area contributed by atoms with Crippen molar-refractivity contribution < 1.29 is 26.6 Å². The molecule has 120 valence electrons. The van der Waals surface area contributed by atoms with Crippen LogP contribution in [0.5, 0.6) is 0 Å². The van der Waals surface area contributed by atoms with Crippen LogP contribution in [0.4, 0.5) is 4.79 Å². The Bertz CT molecular complexity index is 519. The van der Waals surface area contributed by atoms with Crippen molar-refractivity contribution in [2.45, 2.75) is 72.1 Å². The Morgan fingerprint density at radius 3 is 2.10 bits per heavy atom. The minimum Gasteiger partial charge on any atom is -0.458 e. The van der Waals surface area contributed by atoms with Crippen molar-refractivity contribution in [1.82, 2.24) is 4.90 Å². The third kappa shape index (κ3) is 4.72. The van der Waals surface area contributed by atoms with Crippen LogP contribution >= 0.6 is 0 Å². The Morgan fingerprint density at radius 2 is 1.67 bits per heavy atom. The number of amides is 2. The minimum absolute atomic E-state index is 0.546. The second kappa shape index (κ2) is 5.66. The molecule has 1 rings (SSSR count). The summed E-state index contributed by atoms with van der Waals surface area (Å²) in [6.07, 6.45) is -2.51. The van der Waals surface area contributed by atoms with Crippen LogP contribution < -0.4 is 0 Å². The smallest absolute Gasteiger partial charge is 0.417 e. The van der Waals surface area contributed by atoms with Crippen LogP contribution in [0, 0.1) is 5.89 Å². The van der Waals surface area contributed by atoms with Gasteiger partial charge in [0.1, 0.15) is 17.2 Å². The Labute approximate surface area is 128 Å². The van der Waals surface area contributed by atoms with Gasteiger partial charge >= 0.3 is 12.1 Å². The number of nitrogens with zero attached hydrogens (tertiary/aromatic N) is 1. The molecular weight excluding hydrogens is 275 g/mol. The molecule has 3 atom stereocenters. The monoisotopic (exact) mass is 302 g/mol. The SMILES string of the molecule is [2H][C@@H]1[C@@H](C(=O)OC(C)(C)C)N(C(=O)OC(C)(C)C)C(=O)[C@@]1([2H])[13CH3]. The van der Waals surface area contributed by atoms with E-state index in [-0.39, 0.29) is 0 Å². The molecule has 0 unspecified atom stereocenters. The van der Waals surface area contributed by atoms with Crippen molar-refractivity contribution in [1.29, 1.82) is 0 Å². The molecule has 1 saturated heterocycles. The fourth-order valence-electron chi connectivity index (χ4n) is 1.74. The maximum absolute atomic E-state index is 12.4. The molecule has 21 heavy (non-hydrogen) atoms. The highest BCUT2D eigenvalue weighted by atomic mass is 16.6. The number of imide groups is 1. The lowest BCUT2D eigenvalue weighted by atomic mass is 10.1. The minimum atomic E-state index is -1.93. The van der Waals surface area contributed by atoms with Gasteiger partial charge in [-0.05, 0) is 47.9 Å². The molecule has 0 N–H and O–H groups in total. The second-order valence-corrected chi connectivity index (χ2v) is 6.98. The lowest BCUT2D eigenvalue weighted by Crippen LogP contribution is -2.47. The van der Waals surface area contributed by atoms with Crippen molar-refractivity contribution in [2.24, 2.45) is 5.89 Å². The summed E-state index contributed by atoms with van der Waals surface area (Å²) in [7, 11) is 0. The number of rotatable bonds is 1. The van der Waals surface area contributed by atoms with Crippen LogP contribution in [0.3, 0.4) is 0 Å². The van der Waals surface area contributed by atoms with E-state index >= 15 is 0 Å². The summed E-state index contributed by atoms with van der Waals surface area (Å²) < 4.78 is 26.4. The zero-order valence-corrected chi connectivity index (χ0v) is 13.6. The van der Waals surface area contributed by atoms with Crippen LogP contribution in [0.1, 0.15) is 57.6 Å². The predicted molar refractivity (Wildman–Crippen MR) is 76.5 cm³/mol. The Morgan fingerprint density at radius 1 is 1.19 bits per heavy atom. The Kier molecular flexibility index (Phi) is 3.87. The fourth-order valence-corrected chi connectivity index (χ4v) is 1.74. The number of hydrogen-bond acceptors (Lipinski definition) is 5. The van der Waals surface area contributed by atoms with E-state index in [2.05, 4.69) is 0 Å². The third-order valence-electron chi connectivity index (χ3n) is 2.48. The largest absolute Gasteiger partial charge is 0.458 e. The number of likely N-dealkylation sites (tertiary alicyclic amines) is 1. The van der Waals surface area contributed by atoms with E-state index in [9.17, 15) is 14.4 Å². The van der Waals surface area contributed by atoms with Crippen LogP contribution in [-0.2, 0) is 19.1 Å². The van der Waals surface area contributed by atoms with E-state index in [1.807, 2.05) is 0 Å². The maximum Gasteiger partial charge on any atom is 0.417 e. The molecular formula is C15H25NO5. The van der Waals surface area contributed by atoms with Gasteiger partial charge in [-0.25, -0.2) is 14.5 Å². The number of hydrogen-bond donors (Lipinski definition) is 0. The predicted octanol–water partition coefficient (Wildman–Crippen LogP) is 2.50. The number of carbonyl (C=O) groups excluding carboxylic acids is 3. The van der Waals surface area contributed by atoms with Crippen molar-refractivity contribution in [2.75, 3.05) is 0 Å². The number of ether oxygens (including phenoxy) is 2. The van der Waals surface area contributed by atoms with Gasteiger partial charge in [0.15, 0.2) is 0 Å². The van der Waals surface area contributed by atoms with Crippen LogP contribution in [0.25, 0.3) is 0 Å². The molecule has 1 aliphatic rings. The quantitative estimate of drug-likeness (QED) is 0.549. The van der Waals surface area contributed by atoms with Gasteiger partial charge in [0, 0.05) is 8.64 Å². The van der Waals surface area contributed by atoms with E-state index in [0.717, 1.165) is 0 Å². The molecule has 1 heterocycles. The van der Waals surface area contributed by atoms with Crippen molar-refractivity contribution >= 4 is 18.0 Å². The highest BCUT2D eigenvalue weighted by Crippen LogP contribution is 2.28. The molecule has 0 aromatic heterocycles. The van der Waals surface area contributed by atoms with Crippen molar-refractivity contribution in [3.05, 3.63) is 0 Å². The van der Waals surface area contributed by atoms with Gasteiger partial charge in [0.2, 0.25) is 5.91 Å². The van der Waals surface area contributed by atoms with Gasteiger partial charge in [-0.15, -0.1) is 0 Å². The Hall–Kier alpha value is -1.59. The molecule has 0 saturated carbocycles. The first-order chi connectivity index (χ1) is 10.1. The summed E-state index contributed by atoms with van der Waals surface area (Å²) in [5.74, 6) is -3.77. The van der Waals surface area contributed by atoms with Gasteiger partial charge in [0.05, 0.1) is 0 Å². The van der Waals surface area contributed by atoms with E-state index in [1.165, 1.54) is 6.92 Å². The summed E-state index contributed by atoms with van der Waals surface area (Å²) in [6, 6.07) is -1.50. The lowest BCUT2D eigenvalue weighted by molar-refractivity contribution is -0.161. The Balaban J connectivity index is 3.19. The van der Waals surface area contributed by atoms with Crippen molar-refractivity contribution in [3.63, 3.8) is 0 Å². The summed E-state index contributed by atoms with van der Waals surface area (Å²) in [5.41, 5.74) is -1.73. The first-order valence-electron chi connectivity index (χ1n) is 7.87. The van der Waals surface area contributed by atoms with Crippen LogP contribution in [0.2, 0.25) is 0 Å². The number of esters is 1. The van der Waals surface area contributed by atoms with E-state index in [1.54, 1.807) is 41.5 Å². The average Bonchev–Trinajstić information content (AvgIpc) is 2.45. The summed E-state index contributed by atoms with van der Waals surface area (Å²) >= 11 is 0. The van der Waals surface area contributed by atoms with Gasteiger partial charge < -0.3 is 9.47 Å². The normalized spacial score (nSPS) is 31.6. The van der Waals surface area contributed by atoms with E-state index in [0.29, 0.717) is 4.90 Å². The molecule has 1 aliphatic heterocycles. The first kappa shape index (κ1) is 14.4. The molecule has 2 amide bonds. The first-order valence-corrected chi connectivity index (χ1v) is 6.79. The molecule has 0 radical (unpaired) electrons. The van der Waals surface area contributed by atoms with Gasteiger partial charge in [-0.1, -0.05) is 6.92 Å². The maximum atomic E-state index is 12.4. The molecule has 6 heteroatoms. The highest BCUT2D eigenvalue weighted by Gasteiger charge is 2.47. The summed E-state index contributed by atoms with van der Waals surface area (Å²) in [5, 5.41) is 0. The average molecular weight is 302 g/mol. The van der Waals surface area contributed by atoms with Crippen molar-refractivity contribution in [3.8, 4) is 0 Å². The molecule has 0 aromatic rings. The number of carbonyl (C=O) groups is 3. The molecule has 0 aliphatic carbocycles. The fraction of sp³-hybridized carbons (Fsp3) is 0.800. The van der Waals surface area contributed by atoms with Crippen LogP contribution in [-0.4, -0.2) is 40.1 Å². The van der Waals surface area contributed by atoms with E-state index in [4.69, 9.17) is 12.2 Å². The second-order valence-electron chi connectivity index (χ2n) is 6.98. The third-order valence-corrected chi connectivity index (χ3v) is 2.48. The standard InChI is InChI=1S/C15H25NO5/c1-9-8-10(12(18)20-14(2,3)4)16(11(9)17)13(19)21-15(5,6)7/h9-10H,8H2,1-7H3/t9-,10-/m0/s1/i1+1,8D,9D/t8-,9-,10-. The molecule has 0 bridgehead atoms. The molecule has 0 spiro atoms. The molecule has 0 aromatic carbocycles. The zero-order chi connectivity index (χ0) is 18.4. The van der Waals surface area contributed by atoms with E-state index < -0.39 is 47.5 Å². The topological polar surface area (TPSA) is 72.9 Å². The lowest BCUT2D eigenvalue weighted by Gasteiger charge is -2.28. The molecule has 6 nitrogen and oxygen atoms in total. The van der Waals surface area contributed by atoms with Crippen LogP contribution in [0.15, 0.2) is 0 Å². The van der Waals surface area contributed by atoms with Gasteiger partial charge in [0.25, 0.3) is 0 Å². The zero-order valence-electron chi connectivity index (χ0n) is 15.6. The van der Waals surface area contributed by atoms with Gasteiger partial charge in [-0.2, -0.15) is 0 Å². The summed E-state index contributed by atoms with van der Waals surface area (Å²) in [6.45, 7) is 11.0.